The molecule has 0 unspecified atom stereocenters. The molecule has 11 nitrogen and oxygen atoms in total. The molecule has 66 heavy (non-hydrogen) atoms. The third-order valence-corrected chi connectivity index (χ3v) is 12.0. The summed E-state index contributed by atoms with van der Waals surface area (Å²) in [5, 5.41) is 0. The van der Waals surface area contributed by atoms with Crippen molar-refractivity contribution in [3.8, 4) is 0 Å². The topological polar surface area (TPSA) is 102 Å². The highest BCUT2D eigenvalue weighted by atomic mass is 16.8. The van der Waals surface area contributed by atoms with Gasteiger partial charge in [0.25, 0.3) is 0 Å². The number of fused-ring (bicyclic) bond motifs is 1. The van der Waals surface area contributed by atoms with Crippen molar-refractivity contribution in [1.29, 1.82) is 0 Å². The van der Waals surface area contributed by atoms with Gasteiger partial charge in [0.15, 0.2) is 18.9 Å². The molecule has 3 saturated heterocycles. The maximum absolute atomic E-state index is 7.36. The number of benzene rings is 6. The lowest BCUT2D eigenvalue weighted by molar-refractivity contribution is -0.397. The first kappa shape index (κ1) is 46.0. The average molecular weight is 895 g/mol. The van der Waals surface area contributed by atoms with Gasteiger partial charge in [0.05, 0.1) is 46.2 Å². The number of ether oxygens (including phenoxy) is 11. The second kappa shape index (κ2) is 23.6. The van der Waals surface area contributed by atoms with Crippen molar-refractivity contribution in [1.82, 2.24) is 0 Å². The highest BCUT2D eigenvalue weighted by Crippen LogP contribution is 2.40. The Morgan fingerprint density at radius 3 is 1.33 bits per heavy atom. The summed E-state index contributed by atoms with van der Waals surface area (Å²) >= 11 is 0. The monoisotopic (exact) mass is 894 g/mol. The predicted octanol–water partition coefficient (Wildman–Crippen LogP) is 9.14. The van der Waals surface area contributed by atoms with Crippen LogP contribution in [0.1, 0.15) is 39.7 Å². The fourth-order valence-corrected chi connectivity index (χ4v) is 8.62. The number of rotatable bonds is 20. The first-order chi connectivity index (χ1) is 32.7. The standard InChI is InChI=1S/C55H58O11/c1-56-54-51(60-35-42-26-14-5-15-27-42)49(58-33-40-22-10-3-11-23-40)47(45(63-54)37-57-32-39-20-8-2-9-21-39)66-55-52(61-36-43-28-16-6-17-29-43)50(59-34-41-24-12-4-13-25-41)48-46(64-55)38-62-53(65-48)44-30-18-7-19-31-44/h2-31,45-55H,32-38H2,1H3/t45-,46-,47-,48-,49+,50+,51-,52+,53-,54+,55-/m1/s1. The van der Waals surface area contributed by atoms with Crippen molar-refractivity contribution in [2.24, 2.45) is 0 Å². The second-order valence-corrected chi connectivity index (χ2v) is 16.6. The normalized spacial score (nSPS) is 27.5. The van der Waals surface area contributed by atoms with E-state index in [0.29, 0.717) is 13.2 Å². The molecule has 0 bridgehead atoms. The van der Waals surface area contributed by atoms with E-state index in [1.165, 1.54) is 0 Å². The Kier molecular flexibility index (Phi) is 16.4. The first-order valence-corrected chi connectivity index (χ1v) is 22.7. The van der Waals surface area contributed by atoms with Crippen molar-refractivity contribution in [3.63, 3.8) is 0 Å². The summed E-state index contributed by atoms with van der Waals surface area (Å²) < 4.78 is 74.6. The molecule has 11 heteroatoms. The molecular weight excluding hydrogens is 837 g/mol. The van der Waals surface area contributed by atoms with E-state index in [1.54, 1.807) is 7.11 Å². The lowest BCUT2D eigenvalue weighted by atomic mass is 9.95. The second-order valence-electron chi connectivity index (χ2n) is 16.6. The van der Waals surface area contributed by atoms with Crippen LogP contribution < -0.4 is 0 Å². The molecule has 6 aromatic carbocycles. The summed E-state index contributed by atoms with van der Waals surface area (Å²) in [4.78, 5) is 0. The van der Waals surface area contributed by atoms with E-state index < -0.39 is 67.7 Å². The molecule has 344 valence electrons. The van der Waals surface area contributed by atoms with Gasteiger partial charge in [-0.2, -0.15) is 0 Å². The van der Waals surface area contributed by atoms with Crippen molar-refractivity contribution < 1.29 is 52.1 Å². The van der Waals surface area contributed by atoms with Gasteiger partial charge in [-0.3, -0.25) is 0 Å². The van der Waals surface area contributed by atoms with Crippen molar-refractivity contribution in [2.75, 3.05) is 20.3 Å². The van der Waals surface area contributed by atoms with Crippen LogP contribution in [0.5, 0.6) is 0 Å². The zero-order valence-electron chi connectivity index (χ0n) is 37.1. The van der Waals surface area contributed by atoms with Crippen LogP contribution in [0.2, 0.25) is 0 Å². The van der Waals surface area contributed by atoms with Crippen LogP contribution >= 0.6 is 0 Å². The van der Waals surface area contributed by atoms with E-state index in [4.69, 9.17) is 52.1 Å². The summed E-state index contributed by atoms with van der Waals surface area (Å²) in [6.07, 6.45) is -8.22. The van der Waals surface area contributed by atoms with Crippen molar-refractivity contribution in [2.45, 2.75) is 101 Å². The summed E-state index contributed by atoms with van der Waals surface area (Å²) in [5.74, 6) is 0. The van der Waals surface area contributed by atoms with Crippen LogP contribution in [0.15, 0.2) is 182 Å². The molecule has 0 N–H and O–H groups in total. The maximum atomic E-state index is 7.36. The van der Waals surface area contributed by atoms with E-state index in [1.807, 2.05) is 182 Å². The van der Waals surface area contributed by atoms with Crippen LogP contribution in [0.4, 0.5) is 0 Å². The van der Waals surface area contributed by atoms with Gasteiger partial charge in [-0.15, -0.1) is 0 Å². The van der Waals surface area contributed by atoms with Crippen LogP contribution in [-0.4, -0.2) is 81.7 Å². The smallest absolute Gasteiger partial charge is 0.187 e. The molecule has 3 aliphatic heterocycles. The molecule has 0 aliphatic carbocycles. The molecule has 6 aromatic rings. The maximum Gasteiger partial charge on any atom is 0.187 e. The molecule has 0 saturated carbocycles. The van der Waals surface area contributed by atoms with Gasteiger partial charge in [-0.25, -0.2) is 0 Å². The average Bonchev–Trinajstić information content (AvgIpc) is 3.38. The Morgan fingerprint density at radius 2 is 0.848 bits per heavy atom. The van der Waals surface area contributed by atoms with Crippen molar-refractivity contribution in [3.05, 3.63) is 215 Å². The lowest BCUT2D eigenvalue weighted by Crippen LogP contribution is -2.67. The highest BCUT2D eigenvalue weighted by molar-refractivity contribution is 5.19. The highest BCUT2D eigenvalue weighted by Gasteiger charge is 2.56. The molecule has 9 rings (SSSR count). The van der Waals surface area contributed by atoms with Gasteiger partial charge >= 0.3 is 0 Å². The van der Waals surface area contributed by atoms with Gasteiger partial charge in [-0.1, -0.05) is 182 Å². The third kappa shape index (κ3) is 12.1. The van der Waals surface area contributed by atoms with Gasteiger partial charge < -0.3 is 52.1 Å². The molecule has 0 aromatic heterocycles. The Labute approximate surface area is 387 Å². The van der Waals surface area contributed by atoms with E-state index in [9.17, 15) is 0 Å². The minimum atomic E-state index is -1.03. The van der Waals surface area contributed by atoms with Gasteiger partial charge in [-0.05, 0) is 27.8 Å². The van der Waals surface area contributed by atoms with Crippen LogP contribution in [0, 0.1) is 0 Å². The van der Waals surface area contributed by atoms with E-state index in [0.717, 1.165) is 33.4 Å². The zero-order valence-corrected chi connectivity index (χ0v) is 37.1. The lowest BCUT2D eigenvalue weighted by Gasteiger charge is -2.51. The van der Waals surface area contributed by atoms with Gasteiger partial charge in [0.1, 0.15) is 48.8 Å². The van der Waals surface area contributed by atoms with Crippen molar-refractivity contribution >= 4 is 0 Å². The first-order valence-electron chi connectivity index (χ1n) is 22.7. The molecule has 3 heterocycles. The van der Waals surface area contributed by atoms with Crippen LogP contribution in [0.25, 0.3) is 0 Å². The molecule has 0 radical (unpaired) electrons. The van der Waals surface area contributed by atoms with E-state index in [-0.39, 0.29) is 33.0 Å². The van der Waals surface area contributed by atoms with Gasteiger partial charge in [0, 0.05) is 12.7 Å². The number of hydrogen-bond acceptors (Lipinski definition) is 11. The molecule has 11 atom stereocenters. The van der Waals surface area contributed by atoms with Gasteiger partial charge in [0.2, 0.25) is 0 Å². The molecule has 0 spiro atoms. The minimum absolute atomic E-state index is 0.142. The summed E-state index contributed by atoms with van der Waals surface area (Å²) in [6, 6.07) is 60.0. The summed E-state index contributed by atoms with van der Waals surface area (Å²) in [6.45, 7) is 1.80. The number of methoxy groups -OCH3 is 1. The Balaban J connectivity index is 1.08. The fraction of sp³-hybridized carbons (Fsp3) is 0.345. The summed E-state index contributed by atoms with van der Waals surface area (Å²) in [5.41, 5.74) is 5.86. The number of hydrogen-bond donors (Lipinski definition) is 0. The Hall–Kier alpha value is -5.12. The molecule has 0 amide bonds. The van der Waals surface area contributed by atoms with Crippen LogP contribution in [0.3, 0.4) is 0 Å². The Bertz CT molecular complexity index is 2280. The third-order valence-electron chi connectivity index (χ3n) is 12.0. The largest absolute Gasteiger partial charge is 0.374 e. The minimum Gasteiger partial charge on any atom is -0.374 e. The SMILES string of the molecule is CO[C@H]1O[C@H](COCc2ccccc2)[C@@H](O[C@H]2O[C@@H]3CO[C@@H](c4ccccc4)O[C@H]3[C@H](OCc3ccccc3)[C@@H]2OCc2ccccc2)[C@H](OCc2ccccc2)[C@H]1OCc1ccccc1. The Morgan fingerprint density at radius 1 is 0.424 bits per heavy atom. The van der Waals surface area contributed by atoms with Crippen LogP contribution in [-0.2, 0) is 85.1 Å². The van der Waals surface area contributed by atoms with E-state index >= 15 is 0 Å². The van der Waals surface area contributed by atoms with E-state index in [2.05, 4.69) is 0 Å². The molecule has 3 aliphatic rings. The summed E-state index contributed by atoms with van der Waals surface area (Å²) in [7, 11) is 1.61. The molecular formula is C55H58O11. The fourth-order valence-electron chi connectivity index (χ4n) is 8.62. The predicted molar refractivity (Wildman–Crippen MR) is 245 cm³/mol. The quantitative estimate of drug-likeness (QED) is 0.0734. The molecule has 3 fully saturated rings. The zero-order chi connectivity index (χ0) is 44.8.